The number of rotatable bonds is 9. The van der Waals surface area contributed by atoms with Crippen molar-refractivity contribution in [3.8, 4) is 0 Å². The van der Waals surface area contributed by atoms with Crippen LogP contribution in [0.15, 0.2) is 16.7 Å². The first kappa shape index (κ1) is 25.2. The van der Waals surface area contributed by atoms with Crippen LogP contribution >= 0.6 is 11.6 Å². The fourth-order valence-electron chi connectivity index (χ4n) is 4.99. The third kappa shape index (κ3) is 6.19. The molecule has 8 nitrogen and oxygen atoms in total. The molecule has 1 aromatic carbocycles. The average Bonchev–Trinajstić information content (AvgIpc) is 3.25. The molecule has 2 fully saturated rings. The average molecular weight is 497 g/mol. The summed E-state index contributed by atoms with van der Waals surface area (Å²) in [6.45, 7) is 4.68. The van der Waals surface area contributed by atoms with Crippen molar-refractivity contribution >= 4 is 34.3 Å². The minimum absolute atomic E-state index is 0.0117. The first-order valence-electron chi connectivity index (χ1n) is 12.0. The molecule has 1 aliphatic carbocycles. The van der Waals surface area contributed by atoms with E-state index in [4.69, 9.17) is 25.6 Å². The summed E-state index contributed by atoms with van der Waals surface area (Å²) in [5.41, 5.74) is 0.420. The lowest BCUT2D eigenvalue weighted by molar-refractivity contribution is -0.140. The molecule has 1 amide bonds. The third-order valence-electron chi connectivity index (χ3n) is 7.11. The predicted molar refractivity (Wildman–Crippen MR) is 129 cm³/mol. The van der Waals surface area contributed by atoms with Crippen LogP contribution in [-0.2, 0) is 14.3 Å². The van der Waals surface area contributed by atoms with Crippen molar-refractivity contribution in [2.75, 3.05) is 51.8 Å². The Morgan fingerprint density at radius 3 is 2.59 bits per heavy atom. The van der Waals surface area contributed by atoms with Crippen LogP contribution in [-0.4, -0.2) is 75.2 Å². The number of nitrogens with one attached hydrogen (secondary N) is 1. The monoisotopic (exact) mass is 496 g/mol. The van der Waals surface area contributed by atoms with Crippen molar-refractivity contribution in [3.05, 3.63) is 23.0 Å². The maximum absolute atomic E-state index is 13.7. The minimum Gasteiger partial charge on any atom is -0.355 e. The van der Waals surface area contributed by atoms with Crippen molar-refractivity contribution < 1.29 is 23.2 Å². The minimum atomic E-state index is -0.496. The van der Waals surface area contributed by atoms with E-state index < -0.39 is 12.1 Å². The Hall–Kier alpha value is -1.94. The van der Waals surface area contributed by atoms with Gasteiger partial charge in [-0.05, 0) is 50.6 Å². The zero-order valence-corrected chi connectivity index (χ0v) is 20.7. The number of fused-ring (bicyclic) bond motifs is 1. The molecule has 1 aromatic heterocycles. The predicted octanol–water partition coefficient (Wildman–Crippen LogP) is 3.82. The zero-order chi connectivity index (χ0) is 24.1. The van der Waals surface area contributed by atoms with Gasteiger partial charge in [0.25, 0.3) is 0 Å². The molecule has 0 bridgehead atoms. The van der Waals surface area contributed by atoms with Gasteiger partial charge in [0.15, 0.2) is 17.7 Å². The van der Waals surface area contributed by atoms with E-state index in [0.29, 0.717) is 11.5 Å². The normalized spacial score (nSPS) is 22.0. The molecule has 34 heavy (non-hydrogen) atoms. The molecule has 0 spiro atoms. The second kappa shape index (κ2) is 11.7. The first-order chi connectivity index (χ1) is 16.5. The molecule has 2 heterocycles. The molecule has 2 aliphatic rings. The maximum atomic E-state index is 13.7. The molecule has 1 saturated heterocycles. The largest absolute Gasteiger partial charge is 0.355 e. The van der Waals surface area contributed by atoms with E-state index in [0.717, 1.165) is 69.6 Å². The van der Waals surface area contributed by atoms with E-state index in [1.807, 2.05) is 0 Å². The van der Waals surface area contributed by atoms with Gasteiger partial charge < -0.3 is 24.2 Å². The highest BCUT2D eigenvalue weighted by atomic mass is 35.5. The van der Waals surface area contributed by atoms with Crippen LogP contribution in [0.3, 0.4) is 0 Å². The van der Waals surface area contributed by atoms with E-state index >= 15 is 0 Å². The zero-order valence-electron chi connectivity index (χ0n) is 19.9. The maximum Gasteiger partial charge on any atom is 0.225 e. The highest BCUT2D eigenvalue weighted by molar-refractivity contribution is 6.31. The summed E-state index contributed by atoms with van der Waals surface area (Å²) in [6.07, 6.45) is 5.26. The lowest BCUT2D eigenvalue weighted by Gasteiger charge is -2.36. The van der Waals surface area contributed by atoms with Crippen molar-refractivity contribution in [1.29, 1.82) is 0 Å². The number of hydrogen-bond acceptors (Lipinski definition) is 7. The highest BCUT2D eigenvalue weighted by Gasteiger charge is 2.26. The molecule has 0 atom stereocenters. The van der Waals surface area contributed by atoms with Crippen LogP contribution in [0, 0.1) is 11.7 Å². The summed E-state index contributed by atoms with van der Waals surface area (Å²) in [6, 6.07) is 3.14. The first-order valence-corrected chi connectivity index (χ1v) is 12.4. The molecule has 1 N–H and O–H groups in total. The number of anilines is 1. The van der Waals surface area contributed by atoms with E-state index in [1.165, 1.54) is 12.5 Å². The number of halogens is 2. The fourth-order valence-corrected chi connectivity index (χ4v) is 5.16. The van der Waals surface area contributed by atoms with Gasteiger partial charge in [0.1, 0.15) is 5.82 Å². The molecule has 1 aliphatic heterocycles. The van der Waals surface area contributed by atoms with Gasteiger partial charge >= 0.3 is 0 Å². The summed E-state index contributed by atoms with van der Waals surface area (Å²) in [5.74, 6) is 0.930. The van der Waals surface area contributed by atoms with Crippen LogP contribution in [0.2, 0.25) is 5.02 Å². The number of carbonyl (C=O) groups excluding carboxylic acids is 1. The van der Waals surface area contributed by atoms with Crippen LogP contribution < -0.4 is 10.2 Å². The standard InChI is InChI=1S/C24H34ClFN4O4/c1-32-23(33-2)15-22(31)27-17-5-3-16(4-6-17)7-8-29-9-11-30(12-10-29)24-18-13-19(25)20(26)14-21(18)34-28-24/h13-14,16-17,23H,3-12,15H2,1-2H3,(H,27,31)/t16-,17-. The van der Waals surface area contributed by atoms with E-state index in [-0.39, 0.29) is 23.4 Å². The van der Waals surface area contributed by atoms with Crippen LogP contribution in [0.25, 0.3) is 11.0 Å². The number of carbonyl (C=O) groups is 1. The third-order valence-corrected chi connectivity index (χ3v) is 7.40. The van der Waals surface area contributed by atoms with Crippen molar-refractivity contribution in [3.63, 3.8) is 0 Å². The molecular weight excluding hydrogens is 463 g/mol. The van der Waals surface area contributed by atoms with Gasteiger partial charge in [0.2, 0.25) is 5.91 Å². The van der Waals surface area contributed by atoms with Crippen molar-refractivity contribution in [2.45, 2.75) is 50.9 Å². The lowest BCUT2D eigenvalue weighted by atomic mass is 9.84. The van der Waals surface area contributed by atoms with Gasteiger partial charge in [-0.1, -0.05) is 16.8 Å². The molecule has 2 aromatic rings. The topological polar surface area (TPSA) is 80.1 Å². The lowest BCUT2D eigenvalue weighted by Crippen LogP contribution is -2.47. The Balaban J connectivity index is 1.16. The van der Waals surface area contributed by atoms with Crippen LogP contribution in [0.4, 0.5) is 10.2 Å². The summed E-state index contributed by atoms with van der Waals surface area (Å²) < 4.78 is 29.2. The van der Waals surface area contributed by atoms with Gasteiger partial charge in [0, 0.05) is 52.5 Å². The van der Waals surface area contributed by atoms with Gasteiger partial charge in [-0.3, -0.25) is 9.69 Å². The van der Waals surface area contributed by atoms with Gasteiger partial charge in [-0.2, -0.15) is 0 Å². The SMILES string of the molecule is COC(CC(=O)N[C@H]1CC[C@H](CCN2CCN(c3noc4cc(F)c(Cl)cc34)CC2)CC1)OC. The Morgan fingerprint density at radius 1 is 1.21 bits per heavy atom. The number of amides is 1. The van der Waals surface area contributed by atoms with Crippen LogP contribution in [0.1, 0.15) is 38.5 Å². The second-order valence-electron chi connectivity index (χ2n) is 9.28. The number of hydrogen-bond donors (Lipinski definition) is 1. The number of ether oxygens (including phenoxy) is 2. The quantitative estimate of drug-likeness (QED) is 0.529. The van der Waals surface area contributed by atoms with Gasteiger partial charge in [-0.25, -0.2) is 4.39 Å². The second-order valence-corrected chi connectivity index (χ2v) is 9.68. The number of benzene rings is 1. The number of piperazine rings is 1. The molecule has 188 valence electrons. The molecule has 1 saturated carbocycles. The number of nitrogens with zero attached hydrogens (tertiary/aromatic N) is 3. The molecule has 4 rings (SSSR count). The summed E-state index contributed by atoms with van der Waals surface area (Å²) >= 11 is 5.96. The Morgan fingerprint density at radius 2 is 1.91 bits per heavy atom. The molecule has 10 heteroatoms. The van der Waals surface area contributed by atoms with E-state index in [1.54, 1.807) is 20.3 Å². The molecule has 0 radical (unpaired) electrons. The highest BCUT2D eigenvalue weighted by Crippen LogP contribution is 2.31. The summed E-state index contributed by atoms with van der Waals surface area (Å²) in [7, 11) is 3.09. The van der Waals surface area contributed by atoms with Crippen molar-refractivity contribution in [2.24, 2.45) is 5.92 Å². The van der Waals surface area contributed by atoms with Crippen molar-refractivity contribution in [1.82, 2.24) is 15.4 Å². The Bertz CT molecular complexity index is 954. The molecular formula is C24H34ClFN4O4. The van der Waals surface area contributed by atoms with E-state index in [2.05, 4.69) is 20.3 Å². The Kier molecular flexibility index (Phi) is 8.63. The Labute approximate surface area is 204 Å². The summed E-state index contributed by atoms with van der Waals surface area (Å²) in [4.78, 5) is 16.8. The van der Waals surface area contributed by atoms with Gasteiger partial charge in [-0.15, -0.1) is 0 Å². The number of methoxy groups -OCH3 is 2. The van der Waals surface area contributed by atoms with E-state index in [9.17, 15) is 9.18 Å². The smallest absolute Gasteiger partial charge is 0.225 e. The van der Waals surface area contributed by atoms with Gasteiger partial charge in [0.05, 0.1) is 16.8 Å². The van der Waals surface area contributed by atoms with Crippen LogP contribution in [0.5, 0.6) is 0 Å². The molecule has 0 unspecified atom stereocenters. The fraction of sp³-hybridized carbons (Fsp3) is 0.667. The number of aromatic nitrogens is 1. The summed E-state index contributed by atoms with van der Waals surface area (Å²) in [5, 5.41) is 8.12.